The third-order valence-corrected chi connectivity index (χ3v) is 5.05. The number of amides is 1. The molecule has 1 fully saturated rings. The molecule has 1 amide bonds. The first kappa shape index (κ1) is 27.8. The van der Waals surface area contributed by atoms with Gasteiger partial charge in [-0.3, -0.25) is 0 Å². The fraction of sp³-hybridized carbons (Fsp3) is 0.611. The smallest absolute Gasteiger partial charge is 0.444 e. The molecule has 34 heavy (non-hydrogen) atoms. The topological polar surface area (TPSA) is 38.3 Å². The molecule has 1 saturated heterocycles. The minimum absolute atomic E-state index is 0.120. The molecule has 0 saturated carbocycles. The molecule has 3 nitrogen and oxygen atoms in total. The maximum absolute atomic E-state index is 14.0. The first-order chi connectivity index (χ1) is 15.2. The molecule has 2 atom stereocenters. The molecule has 0 aliphatic carbocycles. The van der Waals surface area contributed by atoms with Gasteiger partial charge in [0.15, 0.2) is 0 Å². The number of benzene rings is 1. The number of rotatable bonds is 9. The van der Waals surface area contributed by atoms with E-state index in [2.05, 4.69) is 10.1 Å². The number of alkyl carbamates (subject to hydrolysis) is 1. The van der Waals surface area contributed by atoms with Crippen molar-refractivity contribution < 1.29 is 66.6 Å². The van der Waals surface area contributed by atoms with Crippen LogP contribution in [0, 0.1) is 0 Å². The van der Waals surface area contributed by atoms with E-state index in [4.69, 9.17) is 0 Å². The first-order valence-corrected chi connectivity index (χ1v) is 9.16. The molecule has 1 aromatic carbocycles. The van der Waals surface area contributed by atoms with Gasteiger partial charge in [0.2, 0.25) is 0 Å². The largest absolute Gasteiger partial charge is 0.460 e. The van der Waals surface area contributed by atoms with Gasteiger partial charge in [-0.15, -0.1) is 0 Å². The van der Waals surface area contributed by atoms with E-state index in [0.717, 1.165) is 0 Å². The van der Waals surface area contributed by atoms with Crippen molar-refractivity contribution in [3.63, 3.8) is 0 Å². The van der Waals surface area contributed by atoms with Gasteiger partial charge in [-0.1, -0.05) is 30.3 Å². The van der Waals surface area contributed by atoms with Crippen LogP contribution in [0.25, 0.3) is 0 Å². The highest BCUT2D eigenvalue weighted by Gasteiger charge is 2.90. The van der Waals surface area contributed by atoms with Crippen LogP contribution >= 0.6 is 0 Å². The number of nitrogens with one attached hydrogen (secondary N) is 1. The van der Waals surface area contributed by atoms with Crippen LogP contribution < -0.4 is 5.32 Å². The third kappa shape index (κ3) is 4.59. The lowest BCUT2D eigenvalue weighted by Crippen LogP contribution is -2.70. The van der Waals surface area contributed by atoms with Crippen molar-refractivity contribution in [1.82, 2.24) is 5.32 Å². The van der Waals surface area contributed by atoms with Crippen LogP contribution in [0.3, 0.4) is 0 Å². The lowest BCUT2D eigenvalue weighted by atomic mass is 9.90. The Morgan fingerprint density at radius 1 is 0.735 bits per heavy atom. The fourth-order valence-electron chi connectivity index (χ4n) is 3.09. The van der Waals surface area contributed by atoms with Gasteiger partial charge >= 0.3 is 41.9 Å². The van der Waals surface area contributed by atoms with Gasteiger partial charge in [0.05, 0.1) is 6.04 Å². The molecular weight excluding hydrogens is 509 g/mol. The number of hydrogen-bond acceptors (Lipinski definition) is 2. The van der Waals surface area contributed by atoms with Gasteiger partial charge < -0.3 is 10.1 Å². The Bertz CT molecular complexity index is 870. The molecule has 16 heteroatoms. The predicted molar refractivity (Wildman–Crippen MR) is 87.4 cm³/mol. The highest BCUT2D eigenvalue weighted by atomic mass is 19.4. The van der Waals surface area contributed by atoms with Crippen molar-refractivity contribution >= 4 is 6.09 Å². The lowest BCUT2D eigenvalue weighted by molar-refractivity contribution is -0.440. The molecule has 1 aliphatic heterocycles. The molecular formula is C18H14F13NO2. The summed E-state index contributed by atoms with van der Waals surface area (Å²) in [4.78, 5) is 11.4. The van der Waals surface area contributed by atoms with E-state index in [1.165, 1.54) is 24.3 Å². The fourth-order valence-corrected chi connectivity index (χ4v) is 3.09. The molecule has 0 aromatic heterocycles. The standard InChI is InChI=1S/C18H14F13NO2/c19-13(20,14(21,22)15(23,24)16(25,26)17(27,28)18(29,30)31)7-6-11-10(32-12(33)34-11)8-9-4-2-1-3-5-9/h1-5,10-11H,6-8H2,(H,32,33)/t10-,11?/m0/s1. The van der Waals surface area contributed by atoms with E-state index in [9.17, 15) is 61.9 Å². The maximum Gasteiger partial charge on any atom is 0.460 e. The van der Waals surface area contributed by atoms with Crippen molar-refractivity contribution in [3.05, 3.63) is 35.9 Å². The minimum Gasteiger partial charge on any atom is -0.444 e. The number of carbonyl (C=O) groups excluding carboxylic acids is 1. The molecule has 0 bridgehead atoms. The second-order valence-electron chi connectivity index (χ2n) is 7.42. The van der Waals surface area contributed by atoms with E-state index >= 15 is 0 Å². The molecule has 1 heterocycles. The highest BCUT2D eigenvalue weighted by Crippen LogP contribution is 2.60. The Morgan fingerprint density at radius 2 is 1.24 bits per heavy atom. The van der Waals surface area contributed by atoms with Gasteiger partial charge in [-0.25, -0.2) is 4.79 Å². The van der Waals surface area contributed by atoms with Crippen LogP contribution in [-0.2, 0) is 11.2 Å². The Labute approximate surface area is 182 Å². The van der Waals surface area contributed by atoms with Crippen molar-refractivity contribution in [2.24, 2.45) is 0 Å². The van der Waals surface area contributed by atoms with Crippen molar-refractivity contribution in [3.8, 4) is 0 Å². The Balaban J connectivity index is 2.24. The van der Waals surface area contributed by atoms with Crippen LogP contribution in [0.4, 0.5) is 61.9 Å². The van der Waals surface area contributed by atoms with Gasteiger partial charge in [-0.05, 0) is 18.4 Å². The van der Waals surface area contributed by atoms with E-state index in [1.54, 1.807) is 6.07 Å². The summed E-state index contributed by atoms with van der Waals surface area (Å²) in [5, 5.41) is 2.13. The molecule has 0 radical (unpaired) electrons. The Kier molecular flexibility index (Phi) is 7.09. The van der Waals surface area contributed by atoms with E-state index < -0.39 is 66.9 Å². The summed E-state index contributed by atoms with van der Waals surface area (Å²) in [5.74, 6) is -37.1. The average molecular weight is 523 g/mol. The number of alkyl halides is 13. The first-order valence-electron chi connectivity index (χ1n) is 9.16. The minimum atomic E-state index is -7.94. The van der Waals surface area contributed by atoms with Gasteiger partial charge in [0.1, 0.15) is 6.10 Å². The van der Waals surface area contributed by atoms with Crippen molar-refractivity contribution in [2.75, 3.05) is 0 Å². The van der Waals surface area contributed by atoms with Crippen LogP contribution in [0.1, 0.15) is 18.4 Å². The number of halogens is 13. The predicted octanol–water partition coefficient (Wildman–Crippen LogP) is 6.23. The van der Waals surface area contributed by atoms with Crippen molar-refractivity contribution in [2.45, 2.75) is 67.2 Å². The molecule has 2 rings (SSSR count). The lowest BCUT2D eigenvalue weighted by Gasteiger charge is -2.40. The van der Waals surface area contributed by atoms with Gasteiger partial charge in [0, 0.05) is 6.42 Å². The molecule has 0 spiro atoms. The van der Waals surface area contributed by atoms with Gasteiger partial charge in [-0.2, -0.15) is 57.1 Å². The summed E-state index contributed by atoms with van der Waals surface area (Å²) >= 11 is 0. The summed E-state index contributed by atoms with van der Waals surface area (Å²) < 4.78 is 176. The average Bonchev–Trinajstić information content (AvgIpc) is 3.04. The van der Waals surface area contributed by atoms with Crippen LogP contribution in [-0.4, -0.2) is 54.0 Å². The van der Waals surface area contributed by atoms with Crippen LogP contribution in [0.15, 0.2) is 30.3 Å². The summed E-state index contributed by atoms with van der Waals surface area (Å²) in [6.45, 7) is 0. The van der Waals surface area contributed by atoms with Crippen LogP contribution in [0.5, 0.6) is 0 Å². The number of cyclic esters (lactones) is 1. The second-order valence-corrected chi connectivity index (χ2v) is 7.42. The highest BCUT2D eigenvalue weighted by molar-refractivity contribution is 5.70. The van der Waals surface area contributed by atoms with Gasteiger partial charge in [0.25, 0.3) is 0 Å². The summed E-state index contributed by atoms with van der Waals surface area (Å²) in [6, 6.07) is 6.52. The SMILES string of the molecule is O=C1N[C@@H](Cc2ccccc2)C(CCC(F)(F)C(F)(F)C(F)(F)C(F)(F)C(F)(F)C(F)(F)F)O1. The second kappa shape index (κ2) is 8.66. The molecule has 1 unspecified atom stereocenters. The van der Waals surface area contributed by atoms with Crippen molar-refractivity contribution in [1.29, 1.82) is 0 Å². The zero-order valence-corrected chi connectivity index (χ0v) is 16.4. The zero-order chi connectivity index (χ0) is 26.4. The number of carbonyl (C=O) groups is 1. The Hall–Kier alpha value is -2.42. The van der Waals surface area contributed by atoms with E-state index in [-0.39, 0.29) is 6.42 Å². The summed E-state index contributed by atoms with van der Waals surface area (Å²) in [7, 11) is 0. The van der Waals surface area contributed by atoms with Crippen LogP contribution in [0.2, 0.25) is 0 Å². The number of hydrogen-bond donors (Lipinski definition) is 1. The maximum atomic E-state index is 14.0. The molecule has 1 aromatic rings. The Morgan fingerprint density at radius 3 is 1.74 bits per heavy atom. The molecule has 1 aliphatic rings. The number of ether oxygens (including phenoxy) is 1. The normalized spacial score (nSPS) is 20.8. The quantitative estimate of drug-likeness (QED) is 0.390. The monoisotopic (exact) mass is 523 g/mol. The summed E-state index contributed by atoms with van der Waals surface area (Å²) in [6.07, 6.45) is -14.2. The van der Waals surface area contributed by atoms with E-state index in [1.807, 2.05) is 0 Å². The van der Waals surface area contributed by atoms with E-state index in [0.29, 0.717) is 5.56 Å². The molecule has 194 valence electrons. The summed E-state index contributed by atoms with van der Waals surface area (Å²) in [5.41, 5.74) is 0.487. The third-order valence-electron chi connectivity index (χ3n) is 5.05. The molecule has 1 N–H and O–H groups in total. The zero-order valence-electron chi connectivity index (χ0n) is 16.4.